The Morgan fingerprint density at radius 1 is 1.14 bits per heavy atom. The molecule has 0 saturated carbocycles. The number of anilines is 1. The molecule has 0 unspecified atom stereocenters. The Labute approximate surface area is 119 Å². The second kappa shape index (κ2) is 6.93. The predicted molar refractivity (Wildman–Crippen MR) is 72.5 cm³/mol. The van der Waals surface area contributed by atoms with Crippen molar-refractivity contribution in [3.05, 3.63) is 41.1 Å². The van der Waals surface area contributed by atoms with Gasteiger partial charge in [0.05, 0.1) is 16.9 Å². The van der Waals surface area contributed by atoms with E-state index in [1.54, 1.807) is 18.2 Å². The topological polar surface area (TPSA) is 159 Å². The van der Waals surface area contributed by atoms with Crippen LogP contribution in [-0.4, -0.2) is 16.8 Å². The minimum atomic E-state index is -1.07. The van der Waals surface area contributed by atoms with E-state index in [2.05, 4.69) is 10.5 Å². The molecule has 0 amide bonds. The summed E-state index contributed by atoms with van der Waals surface area (Å²) in [6.07, 6.45) is 0. The molecule has 0 spiro atoms. The zero-order valence-corrected chi connectivity index (χ0v) is 10.5. The van der Waals surface area contributed by atoms with Gasteiger partial charge >= 0.3 is 5.97 Å². The summed E-state index contributed by atoms with van der Waals surface area (Å²) in [5.74, 6) is -1.07. The molecule has 8 heteroatoms. The maximum atomic E-state index is 10.7. The van der Waals surface area contributed by atoms with Crippen LogP contribution >= 0.6 is 0 Å². The second-order valence-electron chi connectivity index (χ2n) is 3.58. The number of hydrogen-bond donors (Lipinski definition) is 3. The predicted octanol–water partition coefficient (Wildman–Crippen LogP) is 0.936. The first-order chi connectivity index (χ1) is 10.0. The Hall–Kier alpha value is -3.83. The second-order valence-corrected chi connectivity index (χ2v) is 3.58. The number of aromatic carboxylic acids is 1. The average Bonchev–Trinajstić information content (AvgIpc) is 2.49. The molecule has 21 heavy (non-hydrogen) atoms. The lowest BCUT2D eigenvalue weighted by molar-refractivity contribution is 0.0697. The largest absolute Gasteiger partial charge is 0.478 e. The number of carbonyl (C=O) groups is 1. The fourth-order valence-corrected chi connectivity index (χ4v) is 1.22. The van der Waals surface area contributed by atoms with E-state index in [-0.39, 0.29) is 17.0 Å². The summed E-state index contributed by atoms with van der Waals surface area (Å²) < 4.78 is 0. The first kappa shape index (κ1) is 15.2. The highest BCUT2D eigenvalue weighted by Crippen LogP contribution is 2.10. The fourth-order valence-electron chi connectivity index (χ4n) is 1.22. The molecule has 1 aromatic rings. The van der Waals surface area contributed by atoms with Crippen LogP contribution in [0.5, 0.6) is 0 Å². The summed E-state index contributed by atoms with van der Waals surface area (Å²) in [6.45, 7) is 0. The van der Waals surface area contributed by atoms with Crippen molar-refractivity contribution in [1.29, 1.82) is 15.8 Å². The van der Waals surface area contributed by atoms with Gasteiger partial charge in [0.25, 0.3) is 0 Å². The summed E-state index contributed by atoms with van der Waals surface area (Å²) in [4.78, 5) is 10.7. The Balaban J connectivity index is 3.00. The molecule has 0 saturated heterocycles. The molecule has 0 radical (unpaired) electrons. The molecule has 8 nitrogen and oxygen atoms in total. The third-order valence-electron chi connectivity index (χ3n) is 2.28. The molecular weight excluding hydrogens is 272 g/mol. The molecule has 4 N–H and O–H groups in total. The number of hydrogen-bond acceptors (Lipinski definition) is 7. The third kappa shape index (κ3) is 3.82. The van der Waals surface area contributed by atoms with Gasteiger partial charge in [-0.2, -0.15) is 20.9 Å². The van der Waals surface area contributed by atoms with E-state index in [9.17, 15) is 4.79 Å². The van der Waals surface area contributed by atoms with Gasteiger partial charge in [0, 0.05) is 0 Å². The van der Waals surface area contributed by atoms with Gasteiger partial charge in [-0.25, -0.2) is 4.79 Å². The van der Waals surface area contributed by atoms with E-state index >= 15 is 0 Å². The molecule has 102 valence electrons. The van der Waals surface area contributed by atoms with E-state index in [0.717, 1.165) is 0 Å². The van der Waals surface area contributed by atoms with Crippen LogP contribution in [0, 0.1) is 34.0 Å². The molecule has 1 aromatic carbocycles. The zero-order valence-electron chi connectivity index (χ0n) is 10.5. The molecule has 0 aliphatic rings. The molecule has 0 aliphatic heterocycles. The number of carboxylic acid groups (broad SMARTS) is 1. The van der Waals surface area contributed by atoms with E-state index in [1.165, 1.54) is 24.3 Å². The van der Waals surface area contributed by atoms with Gasteiger partial charge in [-0.05, 0) is 24.3 Å². The van der Waals surface area contributed by atoms with Crippen LogP contribution in [0.2, 0.25) is 0 Å². The monoisotopic (exact) mass is 280 g/mol. The van der Waals surface area contributed by atoms with Crippen molar-refractivity contribution in [1.82, 2.24) is 0 Å². The Morgan fingerprint density at radius 3 is 2.14 bits per heavy atom. The van der Waals surface area contributed by atoms with E-state index in [0.29, 0.717) is 5.69 Å². The van der Waals surface area contributed by atoms with Crippen molar-refractivity contribution in [3.8, 4) is 18.2 Å². The molecule has 0 bridgehead atoms. The molecular formula is C13H8N6O2. The fraction of sp³-hybridized carbons (Fsp3) is 0. The number of nitriles is 3. The normalized spacial score (nSPS) is 9.67. The molecule has 0 heterocycles. The van der Waals surface area contributed by atoms with Gasteiger partial charge in [0.2, 0.25) is 0 Å². The van der Waals surface area contributed by atoms with Gasteiger partial charge in [-0.15, -0.1) is 0 Å². The highest BCUT2D eigenvalue weighted by atomic mass is 16.4. The van der Waals surface area contributed by atoms with E-state index in [4.69, 9.17) is 26.6 Å². The molecule has 0 aliphatic carbocycles. The summed E-state index contributed by atoms with van der Waals surface area (Å²) >= 11 is 0. The van der Waals surface area contributed by atoms with Gasteiger partial charge in [0.15, 0.2) is 11.3 Å². The van der Waals surface area contributed by atoms with Crippen LogP contribution in [0.25, 0.3) is 0 Å². The third-order valence-corrected chi connectivity index (χ3v) is 2.28. The van der Waals surface area contributed by atoms with E-state index in [1.807, 2.05) is 0 Å². The SMILES string of the molecule is N#CC(=NNc1ccc(C(=O)O)cc1)C(N)=C(C#N)C#N. The lowest BCUT2D eigenvalue weighted by atomic mass is 10.2. The number of nitrogens with one attached hydrogen (secondary N) is 1. The number of allylic oxidation sites excluding steroid dienone is 2. The van der Waals surface area contributed by atoms with Gasteiger partial charge < -0.3 is 10.8 Å². The van der Waals surface area contributed by atoms with Crippen LogP contribution < -0.4 is 11.2 Å². The molecule has 0 aromatic heterocycles. The quantitative estimate of drug-likeness (QED) is 0.420. The van der Waals surface area contributed by atoms with Gasteiger partial charge in [0.1, 0.15) is 18.2 Å². The maximum absolute atomic E-state index is 10.7. The van der Waals surface area contributed by atoms with Crippen molar-refractivity contribution < 1.29 is 9.90 Å². The highest BCUT2D eigenvalue weighted by Gasteiger charge is 2.09. The number of nitrogens with zero attached hydrogens (tertiary/aromatic N) is 4. The Bertz CT molecular complexity index is 725. The minimum Gasteiger partial charge on any atom is -0.478 e. The van der Waals surface area contributed by atoms with E-state index < -0.39 is 11.5 Å². The van der Waals surface area contributed by atoms with Crippen molar-refractivity contribution >= 4 is 17.4 Å². The van der Waals surface area contributed by atoms with Crippen molar-refractivity contribution in [3.63, 3.8) is 0 Å². The van der Waals surface area contributed by atoms with Crippen LogP contribution in [0.1, 0.15) is 10.4 Å². The summed E-state index contributed by atoms with van der Waals surface area (Å²) in [5.41, 5.74) is 7.40. The Kier molecular flexibility index (Phi) is 5.03. The van der Waals surface area contributed by atoms with Crippen molar-refractivity contribution in [2.75, 3.05) is 5.43 Å². The standard InChI is InChI=1S/C13H8N6O2/c14-5-9(6-15)12(17)11(7-16)19-18-10-3-1-8(2-4-10)13(20)21/h1-4,18H,17H2,(H,20,21). The highest BCUT2D eigenvalue weighted by molar-refractivity contribution is 6.12. The lowest BCUT2D eigenvalue weighted by Gasteiger charge is -2.02. The van der Waals surface area contributed by atoms with Gasteiger partial charge in [-0.3, -0.25) is 5.43 Å². The summed E-state index contributed by atoms with van der Waals surface area (Å²) in [6, 6.07) is 10.3. The minimum absolute atomic E-state index is 0.0979. The zero-order chi connectivity index (χ0) is 15.8. The summed E-state index contributed by atoms with van der Waals surface area (Å²) in [7, 11) is 0. The van der Waals surface area contributed by atoms with Crippen LogP contribution in [0.3, 0.4) is 0 Å². The number of hydrazone groups is 1. The number of rotatable bonds is 4. The van der Waals surface area contributed by atoms with Crippen molar-refractivity contribution in [2.24, 2.45) is 10.8 Å². The van der Waals surface area contributed by atoms with Crippen LogP contribution in [-0.2, 0) is 0 Å². The van der Waals surface area contributed by atoms with Crippen LogP contribution in [0.15, 0.2) is 40.6 Å². The maximum Gasteiger partial charge on any atom is 0.335 e. The molecule has 0 fully saturated rings. The first-order valence-electron chi connectivity index (χ1n) is 5.41. The van der Waals surface area contributed by atoms with Crippen molar-refractivity contribution in [2.45, 2.75) is 0 Å². The van der Waals surface area contributed by atoms with Crippen LogP contribution in [0.4, 0.5) is 5.69 Å². The molecule has 0 atom stereocenters. The smallest absolute Gasteiger partial charge is 0.335 e. The number of nitrogens with two attached hydrogens (primary N) is 1. The lowest BCUT2D eigenvalue weighted by Crippen LogP contribution is -2.13. The average molecular weight is 280 g/mol. The first-order valence-corrected chi connectivity index (χ1v) is 5.41. The van der Waals surface area contributed by atoms with Gasteiger partial charge in [-0.1, -0.05) is 0 Å². The Morgan fingerprint density at radius 2 is 1.71 bits per heavy atom. The molecule has 1 rings (SSSR count). The number of carboxylic acids is 1. The summed E-state index contributed by atoms with van der Waals surface area (Å²) in [5, 5.41) is 38.6. The number of benzene rings is 1.